The highest BCUT2D eigenvalue weighted by atomic mass is 32.1. The van der Waals surface area contributed by atoms with Gasteiger partial charge in [0.1, 0.15) is 0 Å². The fraction of sp³-hybridized carbons (Fsp3) is 0. The predicted molar refractivity (Wildman–Crippen MR) is 228 cm³/mol. The van der Waals surface area contributed by atoms with Gasteiger partial charge in [0.2, 0.25) is 5.95 Å². The molecule has 4 heterocycles. The summed E-state index contributed by atoms with van der Waals surface area (Å²) >= 11 is 3.63. The Hall–Kier alpha value is -6.40. The molecule has 0 aliphatic rings. The average Bonchev–Trinajstić information content (AvgIpc) is 3.91. The summed E-state index contributed by atoms with van der Waals surface area (Å²) in [4.78, 5) is 11.2. The van der Waals surface area contributed by atoms with Gasteiger partial charge >= 0.3 is 0 Å². The monoisotopic (exact) mass is 709 g/mol. The second kappa shape index (κ2) is 11.1. The molecule has 3 nitrogen and oxygen atoms in total. The van der Waals surface area contributed by atoms with Crippen LogP contribution in [0.4, 0.5) is 0 Å². The summed E-state index contributed by atoms with van der Waals surface area (Å²) < 4.78 is 7.28. The maximum Gasteiger partial charge on any atom is 0.235 e. The molecule has 0 aliphatic heterocycles. The van der Waals surface area contributed by atoms with Crippen molar-refractivity contribution in [3.8, 4) is 28.3 Å². The van der Waals surface area contributed by atoms with E-state index in [-0.39, 0.29) is 0 Å². The number of rotatable bonds is 3. The molecular weight excluding hydrogens is 683 g/mol. The quantitative estimate of drug-likeness (QED) is 0.171. The Balaban J connectivity index is 1.34. The van der Waals surface area contributed by atoms with Gasteiger partial charge in [0, 0.05) is 57.5 Å². The lowest BCUT2D eigenvalue weighted by atomic mass is 9.95. The summed E-state index contributed by atoms with van der Waals surface area (Å²) in [7, 11) is 0. The number of aromatic nitrogens is 3. The Morgan fingerprint density at radius 2 is 0.962 bits per heavy atom. The van der Waals surface area contributed by atoms with E-state index < -0.39 is 0 Å². The molecule has 12 rings (SSSR count). The number of benzene rings is 8. The van der Waals surface area contributed by atoms with Crippen molar-refractivity contribution in [3.05, 3.63) is 164 Å². The highest BCUT2D eigenvalue weighted by molar-refractivity contribution is 7.26. The number of fused-ring (bicyclic) bond motifs is 14. The Bertz CT molecular complexity index is 3460. The molecule has 8 aromatic carbocycles. The molecule has 0 fully saturated rings. The highest BCUT2D eigenvalue weighted by Crippen LogP contribution is 2.48. The predicted octanol–water partition coefficient (Wildman–Crippen LogP) is 13.9. The van der Waals surface area contributed by atoms with Crippen LogP contribution in [0.3, 0.4) is 0 Å². The lowest BCUT2D eigenvalue weighted by molar-refractivity contribution is 1.02. The van der Waals surface area contributed by atoms with Gasteiger partial charge in [-0.05, 0) is 39.9 Å². The molecule has 53 heavy (non-hydrogen) atoms. The van der Waals surface area contributed by atoms with Crippen LogP contribution in [0.15, 0.2) is 164 Å². The molecule has 0 bridgehead atoms. The molecule has 0 radical (unpaired) electrons. The maximum absolute atomic E-state index is 5.60. The second-order valence-corrected chi connectivity index (χ2v) is 15.8. The molecule has 246 valence electrons. The fourth-order valence-corrected chi connectivity index (χ4v) is 10.9. The number of hydrogen-bond acceptors (Lipinski definition) is 4. The Kier molecular flexibility index (Phi) is 6.09. The first kappa shape index (κ1) is 29.2. The third-order valence-corrected chi connectivity index (χ3v) is 13.1. The standard InChI is InChI=1S/C48H27N3S2/c1-2-14-28(15-3-1)43-47-44(36-21-9-11-26-39(36)53-47)50-48(49-43)51-45-34(32-22-13-27-40-41(32)35-20-8-10-25-38(35)52-40)23-12-24-37(45)42-31-18-6-4-16-29(31)30-17-5-7-19-33(30)46(42)51/h1-27H. The minimum absolute atomic E-state index is 0.676. The zero-order valence-corrected chi connectivity index (χ0v) is 29.9. The van der Waals surface area contributed by atoms with E-state index in [2.05, 4.69) is 168 Å². The van der Waals surface area contributed by atoms with E-state index in [1.54, 1.807) is 11.3 Å². The van der Waals surface area contributed by atoms with Gasteiger partial charge in [-0.15, -0.1) is 22.7 Å². The van der Waals surface area contributed by atoms with Crippen LogP contribution in [0, 0.1) is 0 Å². The first-order valence-electron chi connectivity index (χ1n) is 17.8. The van der Waals surface area contributed by atoms with Crippen molar-refractivity contribution >= 4 is 106 Å². The highest BCUT2D eigenvalue weighted by Gasteiger charge is 2.25. The number of nitrogens with zero attached hydrogens (tertiary/aromatic N) is 3. The number of para-hydroxylation sites is 1. The normalized spacial score (nSPS) is 12.2. The molecule has 4 aromatic heterocycles. The van der Waals surface area contributed by atoms with Gasteiger partial charge in [0.05, 0.1) is 26.9 Å². The summed E-state index contributed by atoms with van der Waals surface area (Å²) in [6.07, 6.45) is 0. The summed E-state index contributed by atoms with van der Waals surface area (Å²) in [5, 5.41) is 11.0. The lowest BCUT2D eigenvalue weighted by Gasteiger charge is -2.14. The zero-order chi connectivity index (χ0) is 34.6. The minimum Gasteiger partial charge on any atom is -0.277 e. The molecule has 0 saturated carbocycles. The largest absolute Gasteiger partial charge is 0.277 e. The number of hydrogen-bond donors (Lipinski definition) is 0. The number of thiophene rings is 2. The van der Waals surface area contributed by atoms with Crippen LogP contribution >= 0.6 is 22.7 Å². The maximum atomic E-state index is 5.60. The molecule has 0 aliphatic carbocycles. The molecule has 5 heteroatoms. The van der Waals surface area contributed by atoms with E-state index in [9.17, 15) is 0 Å². The molecule has 0 amide bonds. The Morgan fingerprint density at radius 1 is 0.377 bits per heavy atom. The molecule has 0 unspecified atom stereocenters. The minimum atomic E-state index is 0.676. The van der Waals surface area contributed by atoms with Crippen molar-refractivity contribution in [1.82, 2.24) is 14.5 Å². The van der Waals surface area contributed by atoms with Crippen LogP contribution in [-0.2, 0) is 0 Å². The van der Waals surface area contributed by atoms with E-state index in [0.717, 1.165) is 37.9 Å². The van der Waals surface area contributed by atoms with Crippen molar-refractivity contribution in [2.75, 3.05) is 0 Å². The van der Waals surface area contributed by atoms with Crippen LogP contribution in [0.25, 0.3) is 112 Å². The van der Waals surface area contributed by atoms with Crippen LogP contribution in [0.5, 0.6) is 0 Å². The summed E-state index contributed by atoms with van der Waals surface area (Å²) in [6.45, 7) is 0. The van der Waals surface area contributed by atoms with Crippen LogP contribution in [0.1, 0.15) is 0 Å². The first-order chi connectivity index (χ1) is 26.3. The van der Waals surface area contributed by atoms with E-state index in [4.69, 9.17) is 9.97 Å². The molecule has 0 N–H and O–H groups in total. The summed E-state index contributed by atoms with van der Waals surface area (Å²) in [5.41, 5.74) is 7.65. The van der Waals surface area contributed by atoms with E-state index in [1.165, 1.54) is 68.3 Å². The molecule has 0 saturated heterocycles. The Labute approximate surface area is 311 Å². The first-order valence-corrected chi connectivity index (χ1v) is 19.5. The summed E-state index contributed by atoms with van der Waals surface area (Å²) in [6, 6.07) is 59.2. The van der Waals surface area contributed by atoms with Crippen LogP contribution in [0.2, 0.25) is 0 Å². The second-order valence-electron chi connectivity index (χ2n) is 13.6. The fourth-order valence-electron chi connectivity index (χ4n) is 8.61. The van der Waals surface area contributed by atoms with Crippen molar-refractivity contribution in [2.45, 2.75) is 0 Å². The van der Waals surface area contributed by atoms with Gasteiger partial charge in [-0.25, -0.2) is 9.97 Å². The smallest absolute Gasteiger partial charge is 0.235 e. The Morgan fingerprint density at radius 3 is 1.77 bits per heavy atom. The van der Waals surface area contributed by atoms with Gasteiger partial charge in [0.25, 0.3) is 0 Å². The SMILES string of the molecule is c1ccc(-c2nc(-n3c4c(-c5cccc6sc7ccccc7c56)cccc4c4c5ccccc5c5ccccc5c43)nc3c2sc2ccccc23)cc1. The molecule has 0 atom stereocenters. The van der Waals surface area contributed by atoms with E-state index in [1.807, 2.05) is 11.3 Å². The van der Waals surface area contributed by atoms with E-state index >= 15 is 0 Å². The summed E-state index contributed by atoms with van der Waals surface area (Å²) in [5.74, 6) is 0.676. The van der Waals surface area contributed by atoms with Crippen molar-refractivity contribution in [3.63, 3.8) is 0 Å². The third-order valence-electron chi connectivity index (χ3n) is 10.8. The topological polar surface area (TPSA) is 30.7 Å². The van der Waals surface area contributed by atoms with Gasteiger partial charge < -0.3 is 0 Å². The van der Waals surface area contributed by atoms with Crippen LogP contribution < -0.4 is 0 Å². The average molecular weight is 710 g/mol. The third kappa shape index (κ3) is 4.09. The van der Waals surface area contributed by atoms with Gasteiger partial charge in [-0.3, -0.25) is 4.57 Å². The van der Waals surface area contributed by atoms with Gasteiger partial charge in [-0.2, -0.15) is 0 Å². The van der Waals surface area contributed by atoms with Crippen molar-refractivity contribution in [1.29, 1.82) is 0 Å². The molecule has 0 spiro atoms. The lowest BCUT2D eigenvalue weighted by Crippen LogP contribution is -2.04. The van der Waals surface area contributed by atoms with Crippen molar-refractivity contribution in [2.24, 2.45) is 0 Å². The molecular formula is C48H27N3S2. The van der Waals surface area contributed by atoms with Crippen LogP contribution in [-0.4, -0.2) is 14.5 Å². The zero-order valence-electron chi connectivity index (χ0n) is 28.2. The van der Waals surface area contributed by atoms with Crippen molar-refractivity contribution < 1.29 is 0 Å². The molecule has 12 aromatic rings. The van der Waals surface area contributed by atoms with Gasteiger partial charge in [0.15, 0.2) is 0 Å². The van der Waals surface area contributed by atoms with Gasteiger partial charge in [-0.1, -0.05) is 146 Å². The van der Waals surface area contributed by atoms with E-state index in [0.29, 0.717) is 5.95 Å².